The van der Waals surface area contributed by atoms with Crippen molar-refractivity contribution >= 4 is 23.0 Å². The Morgan fingerprint density at radius 3 is 2.34 bits per heavy atom. The first-order chi connectivity index (χ1) is 19.5. The van der Waals surface area contributed by atoms with Crippen LogP contribution >= 0.6 is 0 Å². The van der Waals surface area contributed by atoms with Crippen molar-refractivity contribution in [3.05, 3.63) is 82.5 Å². The number of fused-ring (bicyclic) bond motifs is 1. The van der Waals surface area contributed by atoms with Gasteiger partial charge < -0.3 is 49.3 Å². The molecule has 0 aliphatic carbocycles. The SMILES string of the molecule is CC(COC(Oc1cc(O)c2c(=O)cc(-c3ccc(O)cc3)oc2c1)C(O)O)OC(=O)/C=C/c1ccc(O)c(O)c1. The lowest BCUT2D eigenvalue weighted by atomic mass is 10.1. The molecule has 214 valence electrons. The molecule has 41 heavy (non-hydrogen) atoms. The molecule has 2 unspecified atom stereocenters. The van der Waals surface area contributed by atoms with Gasteiger partial charge in [-0.3, -0.25) is 4.79 Å². The molecule has 4 aromatic rings. The maximum absolute atomic E-state index is 12.6. The minimum absolute atomic E-state index is 0.0228. The number of hydrogen-bond donors (Lipinski definition) is 6. The van der Waals surface area contributed by atoms with Crippen molar-refractivity contribution in [2.75, 3.05) is 6.61 Å². The van der Waals surface area contributed by atoms with Crippen LogP contribution in [0.4, 0.5) is 0 Å². The first-order valence-electron chi connectivity index (χ1n) is 12.2. The van der Waals surface area contributed by atoms with Gasteiger partial charge in [0.1, 0.15) is 40.1 Å². The van der Waals surface area contributed by atoms with E-state index in [-0.39, 0.29) is 46.3 Å². The summed E-state index contributed by atoms with van der Waals surface area (Å²) < 4.78 is 21.8. The van der Waals surface area contributed by atoms with Crippen molar-refractivity contribution in [2.24, 2.45) is 0 Å². The Morgan fingerprint density at radius 2 is 1.66 bits per heavy atom. The van der Waals surface area contributed by atoms with E-state index in [9.17, 15) is 40.2 Å². The smallest absolute Gasteiger partial charge is 0.331 e. The lowest BCUT2D eigenvalue weighted by molar-refractivity contribution is -0.226. The van der Waals surface area contributed by atoms with Gasteiger partial charge >= 0.3 is 5.97 Å². The molecule has 4 rings (SSSR count). The molecular formula is C29H26O12. The van der Waals surface area contributed by atoms with Crippen molar-refractivity contribution < 1.29 is 54.1 Å². The Morgan fingerprint density at radius 1 is 0.927 bits per heavy atom. The van der Waals surface area contributed by atoms with E-state index in [0.29, 0.717) is 11.1 Å². The minimum Gasteiger partial charge on any atom is -0.508 e. The Kier molecular flexibility index (Phi) is 8.78. The second-order valence-corrected chi connectivity index (χ2v) is 8.90. The van der Waals surface area contributed by atoms with Gasteiger partial charge in [-0.15, -0.1) is 0 Å². The molecule has 0 saturated carbocycles. The van der Waals surface area contributed by atoms with Gasteiger partial charge in [0.15, 0.2) is 16.9 Å². The van der Waals surface area contributed by atoms with E-state index in [0.717, 1.165) is 12.1 Å². The molecule has 1 heterocycles. The molecule has 0 aliphatic heterocycles. The number of ether oxygens (including phenoxy) is 3. The summed E-state index contributed by atoms with van der Waals surface area (Å²) >= 11 is 0. The number of esters is 1. The van der Waals surface area contributed by atoms with Gasteiger partial charge in [0.2, 0.25) is 6.29 Å². The van der Waals surface area contributed by atoms with E-state index < -0.39 is 35.8 Å². The third kappa shape index (κ3) is 7.33. The number of carbonyl (C=O) groups is 1. The molecule has 2 atom stereocenters. The first kappa shape index (κ1) is 29.0. The van der Waals surface area contributed by atoms with Gasteiger partial charge in [0.25, 0.3) is 6.29 Å². The summed E-state index contributed by atoms with van der Waals surface area (Å²) in [5.74, 6) is -1.84. The minimum atomic E-state index is -2.15. The number of rotatable bonds is 10. The predicted molar refractivity (Wildman–Crippen MR) is 144 cm³/mol. The van der Waals surface area contributed by atoms with E-state index >= 15 is 0 Å². The van der Waals surface area contributed by atoms with Gasteiger partial charge in [0.05, 0.1) is 6.61 Å². The van der Waals surface area contributed by atoms with Gasteiger partial charge in [0, 0.05) is 29.8 Å². The molecule has 6 N–H and O–H groups in total. The van der Waals surface area contributed by atoms with Crippen LogP contribution in [0.2, 0.25) is 0 Å². The summed E-state index contributed by atoms with van der Waals surface area (Å²) in [6.07, 6.45) is -2.24. The van der Waals surface area contributed by atoms with E-state index in [1.807, 2.05) is 0 Å². The maximum Gasteiger partial charge on any atom is 0.331 e. The van der Waals surface area contributed by atoms with Crippen molar-refractivity contribution in [1.29, 1.82) is 0 Å². The molecule has 0 bridgehead atoms. The van der Waals surface area contributed by atoms with Crippen molar-refractivity contribution in [1.82, 2.24) is 0 Å². The van der Waals surface area contributed by atoms with Crippen LogP contribution in [-0.2, 0) is 14.3 Å². The maximum atomic E-state index is 12.6. The standard InChI is InChI=1S/C29H26O12/c1-15(39-26(35)9-3-16-2-8-20(31)21(32)10-16)14-38-29(28(36)37)40-19-11-22(33)27-23(34)13-24(41-25(27)12-19)17-4-6-18(30)7-5-17/h2-13,15,28-33,36-37H,14H2,1H3/b9-3+. The molecular weight excluding hydrogens is 540 g/mol. The lowest BCUT2D eigenvalue weighted by Gasteiger charge is -2.23. The first-order valence-corrected chi connectivity index (χ1v) is 12.2. The number of carbonyl (C=O) groups excluding carboxylic acids is 1. The number of phenols is 4. The van der Waals surface area contributed by atoms with E-state index in [1.54, 1.807) is 0 Å². The molecule has 0 saturated heterocycles. The normalized spacial score (nSPS) is 13.0. The third-order valence-electron chi connectivity index (χ3n) is 5.65. The zero-order chi connectivity index (χ0) is 29.7. The summed E-state index contributed by atoms with van der Waals surface area (Å²) in [6.45, 7) is 1.17. The number of hydrogen-bond acceptors (Lipinski definition) is 12. The van der Waals surface area contributed by atoms with Gasteiger partial charge in [-0.2, -0.15) is 0 Å². The highest BCUT2D eigenvalue weighted by molar-refractivity contribution is 5.87. The number of aliphatic hydroxyl groups excluding tert-OH is 1. The molecule has 0 amide bonds. The lowest BCUT2D eigenvalue weighted by Crippen LogP contribution is -2.36. The van der Waals surface area contributed by atoms with Crippen LogP contribution in [0.3, 0.4) is 0 Å². The van der Waals surface area contributed by atoms with Crippen LogP contribution in [0.5, 0.6) is 28.7 Å². The second-order valence-electron chi connectivity index (χ2n) is 8.90. The molecule has 12 nitrogen and oxygen atoms in total. The van der Waals surface area contributed by atoms with E-state index in [4.69, 9.17) is 18.6 Å². The second kappa shape index (κ2) is 12.4. The van der Waals surface area contributed by atoms with Crippen molar-refractivity contribution in [2.45, 2.75) is 25.6 Å². The van der Waals surface area contributed by atoms with Crippen LogP contribution in [0.15, 0.2) is 76.0 Å². The summed E-state index contributed by atoms with van der Waals surface area (Å²) in [7, 11) is 0. The number of aliphatic hydroxyl groups is 2. The monoisotopic (exact) mass is 566 g/mol. The van der Waals surface area contributed by atoms with E-state index in [1.165, 1.54) is 67.6 Å². The fraction of sp³-hybridized carbons (Fsp3) is 0.172. The van der Waals surface area contributed by atoms with Crippen LogP contribution in [-0.4, -0.2) is 61.9 Å². The summed E-state index contributed by atoms with van der Waals surface area (Å²) in [5, 5.41) is 58.2. The van der Waals surface area contributed by atoms with Crippen LogP contribution in [0.25, 0.3) is 28.4 Å². The molecule has 1 aromatic heterocycles. The van der Waals surface area contributed by atoms with Crippen LogP contribution in [0.1, 0.15) is 12.5 Å². The molecule has 0 aliphatic rings. The average Bonchev–Trinajstić information content (AvgIpc) is 2.91. The van der Waals surface area contributed by atoms with Crippen molar-refractivity contribution in [3.63, 3.8) is 0 Å². The fourth-order valence-corrected chi connectivity index (χ4v) is 3.70. The molecule has 3 aromatic carbocycles. The highest BCUT2D eigenvalue weighted by Crippen LogP contribution is 2.32. The number of aromatic hydroxyl groups is 4. The predicted octanol–water partition coefficient (Wildman–Crippen LogP) is 2.96. The fourth-order valence-electron chi connectivity index (χ4n) is 3.70. The topological polar surface area (TPSA) is 196 Å². The van der Waals surface area contributed by atoms with Gasteiger partial charge in [-0.25, -0.2) is 4.79 Å². The quantitative estimate of drug-likeness (QED) is 0.0712. The Balaban J connectivity index is 1.43. The zero-order valence-corrected chi connectivity index (χ0v) is 21.5. The summed E-state index contributed by atoms with van der Waals surface area (Å²) in [5.41, 5.74) is 0.319. The van der Waals surface area contributed by atoms with Crippen LogP contribution in [0, 0.1) is 0 Å². The number of benzene rings is 3. The third-order valence-corrected chi connectivity index (χ3v) is 5.65. The molecule has 12 heteroatoms. The Hall–Kier alpha value is -5.04. The average molecular weight is 567 g/mol. The largest absolute Gasteiger partial charge is 0.508 e. The number of phenolic OH excluding ortho intramolecular Hbond substituents is 4. The summed E-state index contributed by atoms with van der Waals surface area (Å²) in [6, 6.07) is 13.4. The van der Waals surface area contributed by atoms with Gasteiger partial charge in [-0.1, -0.05) is 6.07 Å². The Labute approximate surface area is 232 Å². The Bertz CT molecular complexity index is 1620. The van der Waals surface area contributed by atoms with Crippen LogP contribution < -0.4 is 10.2 Å². The van der Waals surface area contributed by atoms with E-state index in [2.05, 4.69) is 0 Å². The zero-order valence-electron chi connectivity index (χ0n) is 21.5. The molecule has 0 fully saturated rings. The van der Waals surface area contributed by atoms with Crippen molar-refractivity contribution in [3.8, 4) is 40.1 Å². The molecule has 0 radical (unpaired) electrons. The summed E-state index contributed by atoms with van der Waals surface area (Å²) in [4.78, 5) is 24.7. The highest BCUT2D eigenvalue weighted by Gasteiger charge is 2.23. The molecule has 0 spiro atoms. The van der Waals surface area contributed by atoms with Gasteiger partial charge in [-0.05, 0) is 55.0 Å². The highest BCUT2D eigenvalue weighted by atomic mass is 16.7.